The van der Waals surface area contributed by atoms with E-state index < -0.39 is 0 Å². The van der Waals surface area contributed by atoms with E-state index in [9.17, 15) is 4.79 Å². The van der Waals surface area contributed by atoms with Crippen LogP contribution in [0.25, 0.3) is 5.65 Å². The molecule has 0 spiro atoms. The summed E-state index contributed by atoms with van der Waals surface area (Å²) in [6, 6.07) is 0. The summed E-state index contributed by atoms with van der Waals surface area (Å²) in [6.45, 7) is 6.14. The lowest BCUT2D eigenvalue weighted by Crippen LogP contribution is -2.14. The van der Waals surface area contributed by atoms with Crippen molar-refractivity contribution in [3.05, 3.63) is 28.1 Å². The van der Waals surface area contributed by atoms with Gasteiger partial charge in [-0.2, -0.15) is 5.10 Å². The molecule has 2 aromatic heterocycles. The number of aromatic nitrogens is 3. The molecule has 0 saturated heterocycles. The van der Waals surface area contributed by atoms with Gasteiger partial charge in [0.1, 0.15) is 0 Å². The second-order valence-corrected chi connectivity index (χ2v) is 5.01. The largest absolute Gasteiger partial charge is 0.462 e. The number of esters is 1. The lowest BCUT2D eigenvalue weighted by Gasteiger charge is -2.13. The summed E-state index contributed by atoms with van der Waals surface area (Å²) in [6.07, 6.45) is 3.22. The normalized spacial score (nSPS) is 11.2. The van der Waals surface area contributed by atoms with E-state index in [1.54, 1.807) is 23.8 Å². The van der Waals surface area contributed by atoms with E-state index in [1.165, 1.54) is 0 Å². The van der Waals surface area contributed by atoms with Crippen molar-refractivity contribution in [1.29, 1.82) is 0 Å². The highest BCUT2D eigenvalue weighted by molar-refractivity contribution is 9.10. The van der Waals surface area contributed by atoms with Gasteiger partial charge in [0.05, 0.1) is 28.5 Å². The SMILES string of the molecule is CCOC(=O)c1cnc2c(Br)cnn2c1C(C)C. The first kappa shape index (κ1) is 13.0. The molecule has 5 nitrogen and oxygen atoms in total. The number of nitrogens with zero attached hydrogens (tertiary/aromatic N) is 3. The molecule has 0 aliphatic heterocycles. The Hall–Kier alpha value is -1.43. The molecule has 96 valence electrons. The zero-order chi connectivity index (χ0) is 13.3. The first-order valence-electron chi connectivity index (χ1n) is 5.75. The molecular formula is C12H14BrN3O2. The van der Waals surface area contributed by atoms with Crippen molar-refractivity contribution >= 4 is 27.5 Å². The van der Waals surface area contributed by atoms with Crippen LogP contribution in [0.15, 0.2) is 16.9 Å². The molecule has 2 rings (SSSR count). The van der Waals surface area contributed by atoms with Gasteiger partial charge >= 0.3 is 5.97 Å². The molecule has 2 heterocycles. The average Bonchev–Trinajstić information content (AvgIpc) is 2.70. The molecule has 6 heteroatoms. The molecule has 18 heavy (non-hydrogen) atoms. The van der Waals surface area contributed by atoms with E-state index in [1.807, 2.05) is 13.8 Å². The van der Waals surface area contributed by atoms with Gasteiger partial charge < -0.3 is 4.74 Å². The van der Waals surface area contributed by atoms with Gasteiger partial charge in [-0.1, -0.05) is 13.8 Å². The van der Waals surface area contributed by atoms with Gasteiger partial charge in [0.15, 0.2) is 5.65 Å². The number of hydrogen-bond donors (Lipinski definition) is 0. The Morgan fingerprint density at radius 2 is 2.22 bits per heavy atom. The van der Waals surface area contributed by atoms with Gasteiger partial charge in [0.25, 0.3) is 0 Å². The Kier molecular flexibility index (Phi) is 3.65. The van der Waals surface area contributed by atoms with Crippen LogP contribution in [0, 0.1) is 0 Å². The van der Waals surface area contributed by atoms with Gasteiger partial charge in [0.2, 0.25) is 0 Å². The van der Waals surface area contributed by atoms with E-state index >= 15 is 0 Å². The molecule has 0 atom stereocenters. The minimum Gasteiger partial charge on any atom is -0.462 e. The quantitative estimate of drug-likeness (QED) is 0.818. The van der Waals surface area contributed by atoms with Gasteiger partial charge in [-0.3, -0.25) is 0 Å². The van der Waals surface area contributed by atoms with E-state index in [0.29, 0.717) is 17.8 Å². The molecule has 0 saturated carbocycles. The van der Waals surface area contributed by atoms with E-state index in [4.69, 9.17) is 4.74 Å². The van der Waals surface area contributed by atoms with Gasteiger partial charge in [0, 0.05) is 6.20 Å². The number of carbonyl (C=O) groups is 1. The topological polar surface area (TPSA) is 56.5 Å². The molecule has 0 bridgehead atoms. The monoisotopic (exact) mass is 311 g/mol. The van der Waals surface area contributed by atoms with Gasteiger partial charge in [-0.05, 0) is 28.8 Å². The molecule has 0 unspecified atom stereocenters. The molecule has 2 aromatic rings. The Labute approximate surface area is 113 Å². The Morgan fingerprint density at radius 3 is 2.83 bits per heavy atom. The van der Waals surface area contributed by atoms with Crippen molar-refractivity contribution in [3.8, 4) is 0 Å². The highest BCUT2D eigenvalue weighted by Gasteiger charge is 2.20. The van der Waals surface area contributed by atoms with Crippen LogP contribution in [0.4, 0.5) is 0 Å². The summed E-state index contributed by atoms with van der Waals surface area (Å²) >= 11 is 3.38. The third kappa shape index (κ3) is 2.12. The van der Waals surface area contributed by atoms with Gasteiger partial charge in [-0.25, -0.2) is 14.3 Å². The Balaban J connectivity index is 2.67. The predicted octanol–water partition coefficient (Wildman–Crippen LogP) is 2.79. The number of fused-ring (bicyclic) bond motifs is 1. The van der Waals surface area contributed by atoms with Crippen LogP contribution >= 0.6 is 15.9 Å². The lowest BCUT2D eigenvalue weighted by atomic mass is 10.1. The first-order chi connectivity index (χ1) is 8.56. The fourth-order valence-electron chi connectivity index (χ4n) is 1.84. The van der Waals surface area contributed by atoms with E-state index in [0.717, 1.165) is 10.2 Å². The standard InChI is InChI=1S/C12H14BrN3O2/c1-4-18-12(17)8-5-14-11-9(13)6-15-16(11)10(8)7(2)3/h5-7H,4H2,1-3H3. The maximum Gasteiger partial charge on any atom is 0.341 e. The summed E-state index contributed by atoms with van der Waals surface area (Å²) < 4.78 is 7.53. The Morgan fingerprint density at radius 1 is 1.50 bits per heavy atom. The van der Waals surface area contributed by atoms with Crippen LogP contribution in [0.1, 0.15) is 42.7 Å². The number of hydrogen-bond acceptors (Lipinski definition) is 4. The zero-order valence-electron chi connectivity index (χ0n) is 10.5. The molecule has 0 aliphatic rings. The third-order valence-electron chi connectivity index (χ3n) is 2.56. The van der Waals surface area contributed by atoms with Crippen molar-refractivity contribution in [2.75, 3.05) is 6.61 Å². The molecule has 0 aromatic carbocycles. The number of rotatable bonds is 3. The number of halogens is 1. The number of ether oxygens (including phenoxy) is 1. The highest BCUT2D eigenvalue weighted by atomic mass is 79.9. The maximum absolute atomic E-state index is 11.9. The fraction of sp³-hybridized carbons (Fsp3) is 0.417. The maximum atomic E-state index is 11.9. The molecule has 0 N–H and O–H groups in total. The molecule has 0 amide bonds. The first-order valence-corrected chi connectivity index (χ1v) is 6.54. The molecule has 0 fully saturated rings. The van der Waals surface area contributed by atoms with Crippen LogP contribution in [-0.2, 0) is 4.74 Å². The van der Waals surface area contributed by atoms with Crippen LogP contribution in [0.2, 0.25) is 0 Å². The van der Waals surface area contributed by atoms with Crippen molar-refractivity contribution in [3.63, 3.8) is 0 Å². The summed E-state index contributed by atoms with van der Waals surface area (Å²) in [5.74, 6) is -0.219. The summed E-state index contributed by atoms with van der Waals surface area (Å²) in [7, 11) is 0. The predicted molar refractivity (Wildman–Crippen MR) is 70.7 cm³/mol. The van der Waals surface area contributed by atoms with E-state index in [-0.39, 0.29) is 11.9 Å². The minimum atomic E-state index is -0.359. The van der Waals surface area contributed by atoms with E-state index in [2.05, 4.69) is 26.0 Å². The summed E-state index contributed by atoms with van der Waals surface area (Å²) in [5.41, 5.74) is 1.98. The second kappa shape index (κ2) is 5.06. The number of carbonyl (C=O) groups excluding carboxylic acids is 1. The van der Waals surface area contributed by atoms with Crippen LogP contribution in [-0.4, -0.2) is 27.2 Å². The van der Waals surface area contributed by atoms with Crippen molar-refractivity contribution in [2.24, 2.45) is 0 Å². The molecule has 0 radical (unpaired) electrons. The van der Waals surface area contributed by atoms with Crippen molar-refractivity contribution in [1.82, 2.24) is 14.6 Å². The van der Waals surface area contributed by atoms with Crippen molar-refractivity contribution in [2.45, 2.75) is 26.7 Å². The molecular weight excluding hydrogens is 298 g/mol. The highest BCUT2D eigenvalue weighted by Crippen LogP contribution is 2.24. The smallest absolute Gasteiger partial charge is 0.341 e. The van der Waals surface area contributed by atoms with Gasteiger partial charge in [-0.15, -0.1) is 0 Å². The fourth-order valence-corrected chi connectivity index (χ4v) is 2.20. The van der Waals surface area contributed by atoms with Crippen LogP contribution in [0.5, 0.6) is 0 Å². The van der Waals surface area contributed by atoms with Crippen molar-refractivity contribution < 1.29 is 9.53 Å². The third-order valence-corrected chi connectivity index (χ3v) is 3.12. The van der Waals surface area contributed by atoms with Crippen LogP contribution < -0.4 is 0 Å². The molecule has 0 aliphatic carbocycles. The summed E-state index contributed by atoms with van der Waals surface area (Å²) in [5, 5.41) is 4.24. The second-order valence-electron chi connectivity index (χ2n) is 4.16. The average molecular weight is 312 g/mol. The minimum absolute atomic E-state index is 0.140. The zero-order valence-corrected chi connectivity index (χ0v) is 12.1. The Bertz CT molecular complexity index is 592. The lowest BCUT2D eigenvalue weighted by molar-refractivity contribution is 0.0523. The van der Waals surface area contributed by atoms with Crippen LogP contribution in [0.3, 0.4) is 0 Å². The summed E-state index contributed by atoms with van der Waals surface area (Å²) in [4.78, 5) is 16.1.